The first-order chi connectivity index (χ1) is 6.00. The average Bonchev–Trinajstić information content (AvgIpc) is 2.19. The molecule has 2 aliphatic rings. The Kier molecular flexibility index (Phi) is 1.79. The lowest BCUT2D eigenvalue weighted by atomic mass is 9.74. The largest absolute Gasteiger partial charge is 0.393 e. The number of carbonyl (C=O) groups excluding carboxylic acids is 1. The van der Waals surface area contributed by atoms with E-state index in [0.29, 0.717) is 19.3 Å². The Morgan fingerprint density at radius 3 is 2.85 bits per heavy atom. The molecular weight excluding hydrogens is 168 g/mol. The predicted octanol–water partition coefficient (Wildman–Crippen LogP) is 0.895. The second-order valence-electron chi connectivity index (χ2n) is 4.79. The van der Waals surface area contributed by atoms with Crippen molar-refractivity contribution in [1.82, 2.24) is 0 Å². The molecule has 0 aliphatic heterocycles. The van der Waals surface area contributed by atoms with E-state index in [4.69, 9.17) is 4.74 Å². The lowest BCUT2D eigenvalue weighted by molar-refractivity contribution is -0.126. The van der Waals surface area contributed by atoms with Crippen LogP contribution in [0.4, 0.5) is 0 Å². The van der Waals surface area contributed by atoms with Gasteiger partial charge in [-0.3, -0.25) is 4.79 Å². The zero-order valence-corrected chi connectivity index (χ0v) is 8.17. The van der Waals surface area contributed by atoms with Crippen LogP contribution in [0, 0.1) is 5.41 Å². The highest BCUT2D eigenvalue weighted by Gasteiger charge is 2.57. The van der Waals surface area contributed by atoms with E-state index >= 15 is 0 Å². The van der Waals surface area contributed by atoms with E-state index in [-0.39, 0.29) is 22.9 Å². The Morgan fingerprint density at radius 2 is 2.23 bits per heavy atom. The summed E-state index contributed by atoms with van der Waals surface area (Å²) in [5.74, 6) is 0.255. The first-order valence-electron chi connectivity index (χ1n) is 4.76. The van der Waals surface area contributed by atoms with Crippen LogP contribution in [0.15, 0.2) is 0 Å². The van der Waals surface area contributed by atoms with Crippen LogP contribution < -0.4 is 0 Å². The highest BCUT2D eigenvalue weighted by atomic mass is 16.5. The van der Waals surface area contributed by atoms with Gasteiger partial charge in [-0.05, 0) is 12.8 Å². The molecule has 2 fully saturated rings. The summed E-state index contributed by atoms with van der Waals surface area (Å²) in [5, 5.41) is 9.64. The first-order valence-corrected chi connectivity index (χ1v) is 4.76. The van der Waals surface area contributed by atoms with E-state index in [9.17, 15) is 9.90 Å². The quantitative estimate of drug-likeness (QED) is 0.658. The minimum atomic E-state index is -0.370. The van der Waals surface area contributed by atoms with Gasteiger partial charge in [0.05, 0.1) is 11.7 Å². The third-order valence-electron chi connectivity index (χ3n) is 3.60. The second-order valence-corrected chi connectivity index (χ2v) is 4.79. The molecule has 0 radical (unpaired) electrons. The summed E-state index contributed by atoms with van der Waals surface area (Å²) in [6, 6.07) is 0. The van der Waals surface area contributed by atoms with Gasteiger partial charge < -0.3 is 9.84 Å². The van der Waals surface area contributed by atoms with Crippen molar-refractivity contribution in [2.45, 2.75) is 44.3 Å². The summed E-state index contributed by atoms with van der Waals surface area (Å²) in [6.45, 7) is 1.94. The van der Waals surface area contributed by atoms with Crippen molar-refractivity contribution in [2.24, 2.45) is 5.41 Å². The fraction of sp³-hybridized carbons (Fsp3) is 0.900. The molecule has 3 nitrogen and oxygen atoms in total. The Balaban J connectivity index is 2.32. The maximum absolute atomic E-state index is 11.7. The van der Waals surface area contributed by atoms with Crippen LogP contribution in [0.3, 0.4) is 0 Å². The number of hydrogen-bond donors (Lipinski definition) is 1. The zero-order valence-electron chi connectivity index (χ0n) is 8.17. The summed E-state index contributed by atoms with van der Waals surface area (Å²) in [7, 11) is 1.64. The number of Topliss-reactive ketones (excluding diaryl/α,β-unsaturated/α-hetero) is 1. The van der Waals surface area contributed by atoms with Crippen molar-refractivity contribution in [3.05, 3.63) is 0 Å². The van der Waals surface area contributed by atoms with Crippen LogP contribution in [0.25, 0.3) is 0 Å². The minimum Gasteiger partial charge on any atom is -0.393 e. The molecule has 2 aliphatic carbocycles. The lowest BCUT2D eigenvalue weighted by Gasteiger charge is -2.37. The number of ether oxygens (including phenoxy) is 1. The molecule has 13 heavy (non-hydrogen) atoms. The van der Waals surface area contributed by atoms with Crippen LogP contribution in [-0.2, 0) is 9.53 Å². The van der Waals surface area contributed by atoms with E-state index in [1.807, 2.05) is 6.92 Å². The number of ketones is 1. The number of hydrogen-bond acceptors (Lipinski definition) is 3. The molecule has 2 saturated carbocycles. The van der Waals surface area contributed by atoms with Gasteiger partial charge in [-0.25, -0.2) is 0 Å². The minimum absolute atomic E-state index is 0.255. The highest BCUT2D eigenvalue weighted by Crippen LogP contribution is 2.52. The van der Waals surface area contributed by atoms with Gasteiger partial charge >= 0.3 is 0 Å². The molecule has 2 bridgehead atoms. The van der Waals surface area contributed by atoms with Crippen molar-refractivity contribution in [3.8, 4) is 0 Å². The summed E-state index contributed by atoms with van der Waals surface area (Å²) >= 11 is 0. The van der Waals surface area contributed by atoms with Gasteiger partial charge in [0.15, 0.2) is 0 Å². The Labute approximate surface area is 78.1 Å². The molecule has 0 heterocycles. The van der Waals surface area contributed by atoms with Crippen LogP contribution in [0.5, 0.6) is 0 Å². The van der Waals surface area contributed by atoms with Gasteiger partial charge in [-0.2, -0.15) is 0 Å². The number of methoxy groups -OCH3 is 1. The highest BCUT2D eigenvalue weighted by molar-refractivity contribution is 5.88. The summed E-state index contributed by atoms with van der Waals surface area (Å²) in [5.41, 5.74) is -0.683. The van der Waals surface area contributed by atoms with Crippen LogP contribution in [0.2, 0.25) is 0 Å². The maximum Gasteiger partial charge on any atom is 0.141 e. The normalized spacial score (nSPS) is 49.8. The Hall–Kier alpha value is -0.410. The average molecular weight is 184 g/mol. The summed E-state index contributed by atoms with van der Waals surface area (Å²) in [6.07, 6.45) is 2.12. The fourth-order valence-electron chi connectivity index (χ4n) is 2.96. The molecule has 3 heteroatoms. The van der Waals surface area contributed by atoms with E-state index < -0.39 is 0 Å². The van der Waals surface area contributed by atoms with Gasteiger partial charge in [-0.1, -0.05) is 6.92 Å². The molecule has 0 aromatic carbocycles. The Morgan fingerprint density at radius 1 is 1.54 bits per heavy atom. The van der Waals surface area contributed by atoms with Crippen LogP contribution in [0.1, 0.15) is 32.6 Å². The smallest absolute Gasteiger partial charge is 0.141 e. The third kappa shape index (κ3) is 1.22. The first kappa shape index (κ1) is 9.16. The molecule has 0 saturated heterocycles. The summed E-state index contributed by atoms with van der Waals surface area (Å²) < 4.78 is 5.39. The number of fused-ring (bicyclic) bond motifs is 2. The molecule has 3 unspecified atom stereocenters. The number of rotatable bonds is 1. The standard InChI is InChI=1S/C10H16O3/c1-9-3-7(11)4-10(6-9,13-2)5-8(9)12/h7,11H,3-6H2,1-2H3. The van der Waals surface area contributed by atoms with Gasteiger partial charge in [0.1, 0.15) is 5.78 Å². The Bertz CT molecular complexity index is 251. The van der Waals surface area contributed by atoms with Gasteiger partial charge in [0, 0.05) is 25.4 Å². The number of aliphatic hydroxyl groups excluding tert-OH is 1. The van der Waals surface area contributed by atoms with E-state index in [2.05, 4.69) is 0 Å². The number of aliphatic hydroxyl groups is 1. The van der Waals surface area contributed by atoms with Crippen molar-refractivity contribution in [2.75, 3.05) is 7.11 Å². The zero-order chi connectivity index (χ0) is 9.69. The van der Waals surface area contributed by atoms with Gasteiger partial charge in [0.2, 0.25) is 0 Å². The van der Waals surface area contributed by atoms with Crippen molar-refractivity contribution < 1.29 is 14.6 Å². The molecule has 0 aromatic rings. The topological polar surface area (TPSA) is 46.5 Å². The molecule has 74 valence electrons. The lowest BCUT2D eigenvalue weighted by Crippen LogP contribution is -2.40. The molecular formula is C10H16O3. The van der Waals surface area contributed by atoms with E-state index in [0.717, 1.165) is 6.42 Å². The predicted molar refractivity (Wildman–Crippen MR) is 47.3 cm³/mol. The maximum atomic E-state index is 11.7. The van der Waals surface area contributed by atoms with Crippen molar-refractivity contribution in [3.63, 3.8) is 0 Å². The third-order valence-corrected chi connectivity index (χ3v) is 3.60. The number of carbonyl (C=O) groups is 1. The van der Waals surface area contributed by atoms with Gasteiger partial charge in [-0.15, -0.1) is 0 Å². The van der Waals surface area contributed by atoms with E-state index in [1.54, 1.807) is 7.11 Å². The van der Waals surface area contributed by atoms with Gasteiger partial charge in [0.25, 0.3) is 0 Å². The van der Waals surface area contributed by atoms with Crippen molar-refractivity contribution >= 4 is 5.78 Å². The molecule has 0 amide bonds. The van der Waals surface area contributed by atoms with Crippen LogP contribution in [-0.4, -0.2) is 29.7 Å². The van der Waals surface area contributed by atoms with E-state index in [1.165, 1.54) is 0 Å². The molecule has 2 rings (SSSR count). The second kappa shape index (κ2) is 2.55. The SMILES string of the molecule is COC12CC(=O)C(C)(CC(O)C1)C2. The molecule has 3 atom stereocenters. The summed E-state index contributed by atoms with van der Waals surface area (Å²) in [4.78, 5) is 11.7. The van der Waals surface area contributed by atoms with Crippen molar-refractivity contribution in [1.29, 1.82) is 0 Å². The molecule has 0 spiro atoms. The molecule has 1 N–H and O–H groups in total. The van der Waals surface area contributed by atoms with Crippen LogP contribution >= 0.6 is 0 Å². The molecule has 0 aromatic heterocycles. The monoisotopic (exact) mass is 184 g/mol. The fourth-order valence-corrected chi connectivity index (χ4v) is 2.96.